The van der Waals surface area contributed by atoms with Gasteiger partial charge in [-0.2, -0.15) is 4.31 Å². The van der Waals surface area contributed by atoms with E-state index in [-0.39, 0.29) is 11.7 Å². The fraction of sp³-hybridized carbons (Fsp3) is 0.500. The highest BCUT2D eigenvalue weighted by Crippen LogP contribution is 2.16. The number of unbranched alkanes of at least 4 members (excludes halogenated alkanes) is 1. The number of carbonyl (C=O) groups excluding carboxylic acids is 1. The Balaban J connectivity index is 1.67. The van der Waals surface area contributed by atoms with E-state index in [4.69, 9.17) is 4.42 Å². The number of carbonyl (C=O) groups is 1. The van der Waals surface area contributed by atoms with Crippen molar-refractivity contribution in [1.29, 1.82) is 0 Å². The number of nitrogens with one attached hydrogen (secondary N) is 1. The van der Waals surface area contributed by atoms with E-state index in [1.807, 2.05) is 6.92 Å². The Labute approximate surface area is 145 Å². The third-order valence-corrected chi connectivity index (χ3v) is 6.30. The normalized spacial score (nSPS) is 16.4. The summed E-state index contributed by atoms with van der Waals surface area (Å²) in [6.07, 6.45) is 1.47. The fourth-order valence-electron chi connectivity index (χ4n) is 2.89. The summed E-state index contributed by atoms with van der Waals surface area (Å²) in [5, 5.41) is 0. The number of rotatable bonds is 5. The van der Waals surface area contributed by atoms with Crippen molar-refractivity contribution in [3.8, 4) is 0 Å². The molecule has 0 saturated carbocycles. The molecule has 25 heavy (non-hydrogen) atoms. The van der Waals surface area contributed by atoms with Crippen LogP contribution in [-0.4, -0.2) is 60.4 Å². The van der Waals surface area contributed by atoms with Gasteiger partial charge < -0.3 is 9.32 Å². The van der Waals surface area contributed by atoms with Gasteiger partial charge in [-0.1, -0.05) is 13.3 Å². The summed E-state index contributed by atoms with van der Waals surface area (Å²) >= 11 is 0. The van der Waals surface area contributed by atoms with Crippen molar-refractivity contribution >= 4 is 27.0 Å². The Morgan fingerprint density at radius 2 is 1.96 bits per heavy atom. The van der Waals surface area contributed by atoms with Crippen molar-refractivity contribution in [3.05, 3.63) is 34.3 Å². The summed E-state index contributed by atoms with van der Waals surface area (Å²) < 4.78 is 30.8. The molecule has 136 valence electrons. The van der Waals surface area contributed by atoms with E-state index in [2.05, 4.69) is 4.98 Å². The van der Waals surface area contributed by atoms with Crippen LogP contribution in [0.4, 0.5) is 0 Å². The van der Waals surface area contributed by atoms with E-state index in [9.17, 15) is 18.0 Å². The van der Waals surface area contributed by atoms with Crippen LogP contribution in [0.3, 0.4) is 0 Å². The molecule has 0 unspecified atom stereocenters. The number of fused-ring (bicyclic) bond motifs is 1. The first-order valence-electron chi connectivity index (χ1n) is 8.30. The predicted octanol–water partition coefficient (Wildman–Crippen LogP) is 1.01. The Morgan fingerprint density at radius 3 is 2.64 bits per heavy atom. The minimum atomic E-state index is -3.24. The fourth-order valence-corrected chi connectivity index (χ4v) is 4.52. The van der Waals surface area contributed by atoms with Gasteiger partial charge in [0.05, 0.1) is 11.3 Å². The first-order valence-corrected chi connectivity index (χ1v) is 9.91. The highest BCUT2D eigenvalue weighted by molar-refractivity contribution is 7.89. The van der Waals surface area contributed by atoms with Gasteiger partial charge in [0.2, 0.25) is 10.0 Å². The molecular formula is C16H21N3O5S. The summed E-state index contributed by atoms with van der Waals surface area (Å²) in [5.74, 6) is -0.595. The first-order chi connectivity index (χ1) is 11.9. The minimum absolute atomic E-state index is 0.155. The lowest BCUT2D eigenvalue weighted by Crippen LogP contribution is -2.51. The van der Waals surface area contributed by atoms with Gasteiger partial charge in [-0.15, -0.1) is 0 Å². The van der Waals surface area contributed by atoms with E-state index < -0.39 is 15.8 Å². The van der Waals surface area contributed by atoms with Gasteiger partial charge in [0.1, 0.15) is 0 Å². The lowest BCUT2D eigenvalue weighted by atomic mass is 10.1. The highest BCUT2D eigenvalue weighted by atomic mass is 32.2. The number of aromatic nitrogens is 1. The van der Waals surface area contributed by atoms with Gasteiger partial charge in [-0.05, 0) is 24.6 Å². The van der Waals surface area contributed by atoms with E-state index in [0.29, 0.717) is 49.3 Å². The van der Waals surface area contributed by atoms with Crippen LogP contribution in [0.2, 0.25) is 0 Å². The predicted molar refractivity (Wildman–Crippen MR) is 93.0 cm³/mol. The molecule has 3 rings (SSSR count). The van der Waals surface area contributed by atoms with E-state index in [0.717, 1.165) is 6.42 Å². The topological polar surface area (TPSA) is 104 Å². The number of hydrogen-bond donors (Lipinski definition) is 1. The lowest BCUT2D eigenvalue weighted by molar-refractivity contribution is 0.0698. The number of H-pyrrole nitrogens is 1. The number of sulfonamides is 1. The molecule has 2 heterocycles. The third kappa shape index (κ3) is 3.77. The molecule has 0 aliphatic carbocycles. The van der Waals surface area contributed by atoms with Gasteiger partial charge in [0.15, 0.2) is 5.58 Å². The minimum Gasteiger partial charge on any atom is -0.408 e. The number of amides is 1. The monoisotopic (exact) mass is 367 g/mol. The number of benzene rings is 1. The molecule has 1 N–H and O–H groups in total. The second kappa shape index (κ2) is 7.01. The van der Waals surface area contributed by atoms with E-state index in [1.165, 1.54) is 4.31 Å². The van der Waals surface area contributed by atoms with Crippen molar-refractivity contribution < 1.29 is 17.6 Å². The molecule has 1 aromatic heterocycles. The van der Waals surface area contributed by atoms with Gasteiger partial charge in [0.25, 0.3) is 5.91 Å². The number of nitrogens with zero attached hydrogens (tertiary/aromatic N) is 2. The second-order valence-corrected chi connectivity index (χ2v) is 8.17. The molecule has 1 saturated heterocycles. The molecule has 8 nitrogen and oxygen atoms in total. The van der Waals surface area contributed by atoms with Crippen molar-refractivity contribution in [2.75, 3.05) is 31.9 Å². The van der Waals surface area contributed by atoms with Crippen LogP contribution in [0.25, 0.3) is 11.1 Å². The maximum absolute atomic E-state index is 12.6. The maximum Gasteiger partial charge on any atom is 0.417 e. The standard InChI is InChI=1S/C16H21N3O5S/c1-2-3-10-25(22,23)19-8-6-18(7-9-19)15(20)12-4-5-14-13(11-12)17-16(21)24-14/h4-5,11H,2-3,6-10H2,1H3,(H,17,21). The molecule has 0 atom stereocenters. The zero-order chi connectivity index (χ0) is 18.0. The van der Waals surface area contributed by atoms with Gasteiger partial charge in [-0.3, -0.25) is 9.78 Å². The second-order valence-electron chi connectivity index (χ2n) is 6.09. The largest absolute Gasteiger partial charge is 0.417 e. The molecule has 1 aliphatic heterocycles. The Kier molecular flexibility index (Phi) is 4.96. The summed E-state index contributed by atoms with van der Waals surface area (Å²) in [6.45, 7) is 3.27. The van der Waals surface area contributed by atoms with Crippen LogP contribution in [0.5, 0.6) is 0 Å². The van der Waals surface area contributed by atoms with Crippen LogP contribution in [-0.2, 0) is 10.0 Å². The van der Waals surface area contributed by atoms with Crippen LogP contribution < -0.4 is 5.76 Å². The van der Waals surface area contributed by atoms with Crippen molar-refractivity contribution in [1.82, 2.24) is 14.2 Å². The molecule has 0 bridgehead atoms. The van der Waals surface area contributed by atoms with Crippen LogP contribution >= 0.6 is 0 Å². The quantitative estimate of drug-likeness (QED) is 0.849. The van der Waals surface area contributed by atoms with E-state index >= 15 is 0 Å². The summed E-state index contributed by atoms with van der Waals surface area (Å²) in [4.78, 5) is 28.0. The number of oxazole rings is 1. The molecule has 1 fully saturated rings. The average molecular weight is 367 g/mol. The van der Waals surface area contributed by atoms with Gasteiger partial charge in [-0.25, -0.2) is 13.2 Å². The number of aromatic amines is 1. The van der Waals surface area contributed by atoms with Crippen molar-refractivity contribution in [3.63, 3.8) is 0 Å². The lowest BCUT2D eigenvalue weighted by Gasteiger charge is -2.34. The zero-order valence-corrected chi connectivity index (χ0v) is 14.8. The van der Waals surface area contributed by atoms with Crippen molar-refractivity contribution in [2.24, 2.45) is 0 Å². The zero-order valence-electron chi connectivity index (χ0n) is 14.0. The maximum atomic E-state index is 12.6. The van der Waals surface area contributed by atoms with Gasteiger partial charge in [0, 0.05) is 31.7 Å². The Morgan fingerprint density at radius 1 is 1.24 bits per heavy atom. The summed E-state index contributed by atoms with van der Waals surface area (Å²) in [6, 6.07) is 4.75. The summed E-state index contributed by atoms with van der Waals surface area (Å²) in [7, 11) is -3.24. The molecule has 2 aromatic rings. The Bertz CT molecular complexity index is 923. The first kappa shape index (κ1) is 17.7. The molecule has 1 aromatic carbocycles. The molecule has 1 aliphatic rings. The van der Waals surface area contributed by atoms with E-state index in [1.54, 1.807) is 23.1 Å². The summed E-state index contributed by atoms with van der Waals surface area (Å²) in [5.41, 5.74) is 1.30. The van der Waals surface area contributed by atoms with Crippen LogP contribution in [0.15, 0.2) is 27.4 Å². The molecule has 0 spiro atoms. The van der Waals surface area contributed by atoms with Crippen LogP contribution in [0.1, 0.15) is 30.1 Å². The number of piperazine rings is 1. The third-order valence-electron chi connectivity index (χ3n) is 4.34. The smallest absolute Gasteiger partial charge is 0.408 e. The molecule has 0 radical (unpaired) electrons. The van der Waals surface area contributed by atoms with Crippen LogP contribution in [0, 0.1) is 0 Å². The SMILES string of the molecule is CCCCS(=O)(=O)N1CCN(C(=O)c2ccc3oc(=O)[nH]c3c2)CC1. The van der Waals surface area contributed by atoms with Crippen molar-refractivity contribution in [2.45, 2.75) is 19.8 Å². The Hall–Kier alpha value is -2.13. The molecular weight excluding hydrogens is 346 g/mol. The van der Waals surface area contributed by atoms with Gasteiger partial charge >= 0.3 is 5.76 Å². The molecule has 9 heteroatoms. The highest BCUT2D eigenvalue weighted by Gasteiger charge is 2.28. The average Bonchev–Trinajstić information content (AvgIpc) is 2.98. The number of hydrogen-bond acceptors (Lipinski definition) is 5. The molecule has 1 amide bonds.